The highest BCUT2D eigenvalue weighted by Crippen LogP contribution is 2.20. The standard InChI is InChI=1S/C16H16F3N3O3S/c17-16(18,19)10-21-13(23)6-20-14(24)9-26-8-12-7-25-15(22-12)11-4-2-1-3-5-11/h1-5,7H,6,8-10H2,(H,20,24)(H,21,23). The Labute approximate surface area is 151 Å². The summed E-state index contributed by atoms with van der Waals surface area (Å²) in [4.78, 5) is 27.1. The Kier molecular flexibility index (Phi) is 7.07. The van der Waals surface area contributed by atoms with E-state index in [4.69, 9.17) is 4.42 Å². The van der Waals surface area contributed by atoms with Crippen LogP contribution in [0.2, 0.25) is 0 Å². The van der Waals surface area contributed by atoms with Crippen molar-refractivity contribution < 1.29 is 27.2 Å². The highest BCUT2D eigenvalue weighted by molar-refractivity contribution is 7.99. The Balaban J connectivity index is 1.66. The number of nitrogens with zero attached hydrogens (tertiary/aromatic N) is 1. The van der Waals surface area contributed by atoms with Gasteiger partial charge in [-0.25, -0.2) is 4.98 Å². The van der Waals surface area contributed by atoms with Crippen LogP contribution in [0.5, 0.6) is 0 Å². The molecule has 2 aromatic rings. The number of halogens is 3. The Morgan fingerprint density at radius 3 is 2.54 bits per heavy atom. The van der Waals surface area contributed by atoms with Crippen LogP contribution in [0.25, 0.3) is 11.5 Å². The van der Waals surface area contributed by atoms with Crippen LogP contribution in [0, 0.1) is 0 Å². The SMILES string of the molecule is O=C(CNC(=O)CSCc1coc(-c2ccccc2)n1)NCC(F)(F)F. The zero-order valence-corrected chi connectivity index (χ0v) is 14.3. The molecule has 2 amide bonds. The lowest BCUT2D eigenvalue weighted by atomic mass is 10.2. The molecule has 10 heteroatoms. The van der Waals surface area contributed by atoms with Gasteiger partial charge < -0.3 is 15.1 Å². The summed E-state index contributed by atoms with van der Waals surface area (Å²) in [5.74, 6) is -0.412. The number of thioether (sulfide) groups is 1. The summed E-state index contributed by atoms with van der Waals surface area (Å²) in [6, 6.07) is 9.33. The molecule has 0 aliphatic rings. The maximum atomic E-state index is 11.9. The highest BCUT2D eigenvalue weighted by Gasteiger charge is 2.27. The molecule has 0 atom stereocenters. The Hall–Kier alpha value is -2.49. The van der Waals surface area contributed by atoms with E-state index >= 15 is 0 Å². The van der Waals surface area contributed by atoms with Gasteiger partial charge in [-0.2, -0.15) is 13.2 Å². The summed E-state index contributed by atoms with van der Waals surface area (Å²) in [7, 11) is 0. The molecule has 26 heavy (non-hydrogen) atoms. The molecular formula is C16H16F3N3O3S. The number of carbonyl (C=O) groups excluding carboxylic acids is 2. The minimum absolute atomic E-state index is 0.0417. The van der Waals surface area contributed by atoms with E-state index < -0.39 is 31.1 Å². The van der Waals surface area contributed by atoms with Gasteiger partial charge in [0, 0.05) is 11.3 Å². The van der Waals surface area contributed by atoms with E-state index in [1.165, 1.54) is 18.0 Å². The van der Waals surface area contributed by atoms with E-state index in [2.05, 4.69) is 10.3 Å². The third kappa shape index (κ3) is 7.18. The van der Waals surface area contributed by atoms with Gasteiger partial charge in [0.05, 0.1) is 18.0 Å². The van der Waals surface area contributed by atoms with Gasteiger partial charge in [0.25, 0.3) is 0 Å². The molecule has 0 fully saturated rings. The molecule has 0 bridgehead atoms. The van der Waals surface area contributed by atoms with Crippen LogP contribution < -0.4 is 10.6 Å². The van der Waals surface area contributed by atoms with Gasteiger partial charge in [-0.1, -0.05) is 18.2 Å². The third-order valence-electron chi connectivity index (χ3n) is 2.99. The van der Waals surface area contributed by atoms with Crippen LogP contribution in [0.4, 0.5) is 13.2 Å². The van der Waals surface area contributed by atoms with Crippen molar-refractivity contribution in [3.8, 4) is 11.5 Å². The zero-order chi connectivity index (χ0) is 19.0. The lowest BCUT2D eigenvalue weighted by Gasteiger charge is -2.08. The molecule has 0 saturated carbocycles. The van der Waals surface area contributed by atoms with Crippen LogP contribution in [-0.2, 0) is 15.3 Å². The molecule has 2 rings (SSSR count). The molecule has 1 aromatic heterocycles. The number of carbonyl (C=O) groups is 2. The monoisotopic (exact) mass is 387 g/mol. The summed E-state index contributed by atoms with van der Waals surface area (Å²) in [6.07, 6.45) is -2.98. The predicted molar refractivity (Wildman–Crippen MR) is 90.2 cm³/mol. The van der Waals surface area contributed by atoms with Gasteiger partial charge >= 0.3 is 6.18 Å². The van der Waals surface area contributed by atoms with Gasteiger partial charge in [-0.3, -0.25) is 9.59 Å². The minimum Gasteiger partial charge on any atom is -0.444 e. The molecule has 2 N–H and O–H groups in total. The van der Waals surface area contributed by atoms with Crippen molar-refractivity contribution in [3.63, 3.8) is 0 Å². The predicted octanol–water partition coefficient (Wildman–Crippen LogP) is 2.37. The Morgan fingerprint density at radius 2 is 1.85 bits per heavy atom. The van der Waals surface area contributed by atoms with Crippen molar-refractivity contribution in [1.29, 1.82) is 0 Å². The van der Waals surface area contributed by atoms with E-state index in [0.717, 1.165) is 5.56 Å². The van der Waals surface area contributed by atoms with Crippen LogP contribution >= 0.6 is 11.8 Å². The molecule has 140 valence electrons. The molecule has 1 aromatic carbocycles. The molecule has 0 radical (unpaired) electrons. The van der Waals surface area contributed by atoms with E-state index in [0.29, 0.717) is 17.3 Å². The molecule has 1 heterocycles. The first-order valence-corrected chi connectivity index (χ1v) is 8.66. The van der Waals surface area contributed by atoms with E-state index in [1.807, 2.05) is 30.3 Å². The van der Waals surface area contributed by atoms with Gasteiger partial charge in [0.2, 0.25) is 17.7 Å². The fourth-order valence-corrected chi connectivity index (χ4v) is 2.56. The molecule has 0 spiro atoms. The first-order chi connectivity index (χ1) is 12.3. The topological polar surface area (TPSA) is 84.2 Å². The van der Waals surface area contributed by atoms with E-state index in [9.17, 15) is 22.8 Å². The van der Waals surface area contributed by atoms with Crippen molar-refractivity contribution >= 4 is 23.6 Å². The molecule has 0 aliphatic carbocycles. The third-order valence-corrected chi connectivity index (χ3v) is 3.95. The van der Waals surface area contributed by atoms with E-state index in [-0.39, 0.29) is 5.75 Å². The lowest BCUT2D eigenvalue weighted by Crippen LogP contribution is -2.41. The summed E-state index contributed by atoms with van der Waals surface area (Å²) in [5.41, 5.74) is 1.50. The number of amides is 2. The molecule has 0 saturated heterocycles. The van der Waals surface area contributed by atoms with Gasteiger partial charge in [0.15, 0.2) is 0 Å². The van der Waals surface area contributed by atoms with Crippen LogP contribution in [0.3, 0.4) is 0 Å². The number of hydrogen-bond donors (Lipinski definition) is 2. The number of benzene rings is 1. The number of oxazole rings is 1. The number of nitrogens with one attached hydrogen (secondary N) is 2. The number of hydrogen-bond acceptors (Lipinski definition) is 5. The lowest BCUT2D eigenvalue weighted by molar-refractivity contribution is -0.138. The summed E-state index contributed by atoms with van der Waals surface area (Å²) in [5, 5.41) is 3.92. The molecule has 0 unspecified atom stereocenters. The fourth-order valence-electron chi connectivity index (χ4n) is 1.83. The minimum atomic E-state index is -4.48. The van der Waals surface area contributed by atoms with Crippen molar-refractivity contribution in [1.82, 2.24) is 15.6 Å². The second-order valence-electron chi connectivity index (χ2n) is 5.17. The molecule has 6 nitrogen and oxygen atoms in total. The summed E-state index contributed by atoms with van der Waals surface area (Å²) >= 11 is 1.25. The molecular weight excluding hydrogens is 371 g/mol. The van der Waals surface area contributed by atoms with Crippen LogP contribution in [0.15, 0.2) is 41.0 Å². The van der Waals surface area contributed by atoms with Crippen LogP contribution in [-0.4, -0.2) is 41.8 Å². The Bertz CT molecular complexity index is 735. The quantitative estimate of drug-likeness (QED) is 0.727. The van der Waals surface area contributed by atoms with Crippen molar-refractivity contribution in [3.05, 3.63) is 42.3 Å². The van der Waals surface area contributed by atoms with Gasteiger partial charge in [-0.15, -0.1) is 11.8 Å². The second-order valence-corrected chi connectivity index (χ2v) is 6.16. The summed E-state index contributed by atoms with van der Waals surface area (Å²) in [6.45, 7) is -1.93. The van der Waals surface area contributed by atoms with Crippen molar-refractivity contribution in [2.24, 2.45) is 0 Å². The van der Waals surface area contributed by atoms with Gasteiger partial charge in [0.1, 0.15) is 12.8 Å². The number of aromatic nitrogens is 1. The van der Waals surface area contributed by atoms with Crippen molar-refractivity contribution in [2.75, 3.05) is 18.8 Å². The van der Waals surface area contributed by atoms with E-state index in [1.54, 1.807) is 5.32 Å². The normalized spacial score (nSPS) is 11.2. The zero-order valence-electron chi connectivity index (χ0n) is 13.5. The largest absolute Gasteiger partial charge is 0.444 e. The summed E-state index contributed by atoms with van der Waals surface area (Å²) < 4.78 is 41.2. The first-order valence-electron chi connectivity index (χ1n) is 7.51. The second kappa shape index (κ2) is 9.27. The van der Waals surface area contributed by atoms with Gasteiger partial charge in [-0.05, 0) is 12.1 Å². The maximum Gasteiger partial charge on any atom is 0.405 e. The molecule has 0 aliphatic heterocycles. The average Bonchev–Trinajstić information content (AvgIpc) is 3.07. The van der Waals surface area contributed by atoms with Crippen LogP contribution in [0.1, 0.15) is 5.69 Å². The Morgan fingerprint density at radius 1 is 1.12 bits per heavy atom. The fraction of sp³-hybridized carbons (Fsp3) is 0.312. The maximum absolute atomic E-state index is 11.9. The number of alkyl halides is 3. The van der Waals surface area contributed by atoms with Crippen molar-refractivity contribution in [2.45, 2.75) is 11.9 Å². The number of rotatable bonds is 8. The smallest absolute Gasteiger partial charge is 0.405 e. The highest BCUT2D eigenvalue weighted by atomic mass is 32.2. The first kappa shape index (κ1) is 19.8. The average molecular weight is 387 g/mol.